The molecule has 94 valence electrons. The largest absolute Gasteiger partial charge is 0.481 e. The van der Waals surface area contributed by atoms with Gasteiger partial charge in [-0.15, -0.1) is 0 Å². The molecule has 0 aliphatic rings. The number of nitrogens with two attached hydrogens (primary N) is 1. The van der Waals surface area contributed by atoms with Gasteiger partial charge in [0.1, 0.15) is 15.7 Å². The zero-order valence-electron chi connectivity index (χ0n) is 8.02. The van der Waals surface area contributed by atoms with Gasteiger partial charge >= 0.3 is 6.18 Å². The zero-order chi connectivity index (χ0) is 13.2. The van der Waals surface area contributed by atoms with Crippen LogP contribution < -0.4 is 10.5 Å². The Kier molecular flexibility index (Phi) is 4.05. The highest BCUT2D eigenvalue weighted by Crippen LogP contribution is 2.35. The van der Waals surface area contributed by atoms with Gasteiger partial charge in [-0.1, -0.05) is 23.2 Å². The molecule has 2 N–H and O–H groups in total. The zero-order valence-corrected chi connectivity index (χ0v) is 9.53. The van der Waals surface area contributed by atoms with Crippen LogP contribution in [-0.4, -0.2) is 23.7 Å². The quantitative estimate of drug-likeness (QED) is 0.929. The standard InChI is InChI=1S/C8H5Cl2F3N2O2/c9-3-1-15-5(7(14)16)4(10)6(3)17-2-8(11,12)13/h1H,2H2,(H2,14,16). The van der Waals surface area contributed by atoms with E-state index in [4.69, 9.17) is 28.9 Å². The van der Waals surface area contributed by atoms with E-state index in [1.165, 1.54) is 0 Å². The van der Waals surface area contributed by atoms with Crippen molar-refractivity contribution in [2.45, 2.75) is 6.18 Å². The van der Waals surface area contributed by atoms with Gasteiger partial charge in [0, 0.05) is 0 Å². The summed E-state index contributed by atoms with van der Waals surface area (Å²) in [5.74, 6) is -1.47. The Morgan fingerprint density at radius 3 is 2.53 bits per heavy atom. The van der Waals surface area contributed by atoms with E-state index in [9.17, 15) is 18.0 Å². The Morgan fingerprint density at radius 2 is 2.06 bits per heavy atom. The van der Waals surface area contributed by atoms with Crippen LogP contribution in [0.15, 0.2) is 6.20 Å². The average molecular weight is 289 g/mol. The van der Waals surface area contributed by atoms with Crippen molar-refractivity contribution in [1.29, 1.82) is 0 Å². The minimum Gasteiger partial charge on any atom is -0.481 e. The van der Waals surface area contributed by atoms with Crippen molar-refractivity contribution in [3.8, 4) is 5.75 Å². The normalized spacial score (nSPS) is 11.4. The number of carbonyl (C=O) groups excluding carboxylic acids is 1. The molecule has 0 bridgehead atoms. The number of alkyl halides is 3. The first kappa shape index (κ1) is 13.9. The fraction of sp³-hybridized carbons (Fsp3) is 0.250. The summed E-state index contributed by atoms with van der Waals surface area (Å²) in [4.78, 5) is 14.3. The maximum atomic E-state index is 11.9. The second-order valence-electron chi connectivity index (χ2n) is 2.87. The summed E-state index contributed by atoms with van der Waals surface area (Å²) in [6.07, 6.45) is -3.62. The lowest BCUT2D eigenvalue weighted by Gasteiger charge is -2.12. The van der Waals surface area contributed by atoms with Crippen molar-refractivity contribution >= 4 is 29.1 Å². The number of halogens is 5. The summed E-state index contributed by atoms with van der Waals surface area (Å²) < 4.78 is 40.2. The number of ether oxygens (including phenoxy) is 1. The number of amides is 1. The number of hydrogen-bond donors (Lipinski definition) is 1. The van der Waals surface area contributed by atoms with Gasteiger partial charge in [0.2, 0.25) is 0 Å². The number of nitrogens with zero attached hydrogens (tertiary/aromatic N) is 1. The highest BCUT2D eigenvalue weighted by molar-refractivity contribution is 6.38. The van der Waals surface area contributed by atoms with E-state index >= 15 is 0 Å². The number of aromatic nitrogens is 1. The first-order valence-electron chi connectivity index (χ1n) is 4.05. The summed E-state index contributed by atoms with van der Waals surface area (Å²) in [6, 6.07) is 0. The first-order valence-corrected chi connectivity index (χ1v) is 4.81. The lowest BCUT2D eigenvalue weighted by atomic mass is 10.3. The molecule has 1 aromatic heterocycles. The third-order valence-corrected chi connectivity index (χ3v) is 2.16. The number of carbonyl (C=O) groups is 1. The van der Waals surface area contributed by atoms with E-state index in [-0.39, 0.29) is 5.02 Å². The predicted octanol–water partition coefficient (Wildman–Crippen LogP) is 2.43. The molecular weight excluding hydrogens is 284 g/mol. The molecule has 0 atom stereocenters. The molecule has 0 unspecified atom stereocenters. The van der Waals surface area contributed by atoms with Crippen LogP contribution >= 0.6 is 23.2 Å². The van der Waals surface area contributed by atoms with Gasteiger partial charge in [0.25, 0.3) is 5.91 Å². The van der Waals surface area contributed by atoms with Gasteiger partial charge in [-0.3, -0.25) is 4.79 Å². The summed E-state index contributed by atoms with van der Waals surface area (Å²) in [7, 11) is 0. The van der Waals surface area contributed by atoms with Crippen LogP contribution in [0.3, 0.4) is 0 Å². The van der Waals surface area contributed by atoms with Crippen molar-refractivity contribution in [3.63, 3.8) is 0 Å². The van der Waals surface area contributed by atoms with E-state index in [0.29, 0.717) is 0 Å². The van der Waals surface area contributed by atoms with Crippen LogP contribution in [0.5, 0.6) is 5.75 Å². The van der Waals surface area contributed by atoms with Gasteiger partial charge in [0.05, 0.1) is 6.20 Å². The third-order valence-electron chi connectivity index (χ3n) is 1.54. The molecule has 0 fully saturated rings. The number of hydrogen-bond acceptors (Lipinski definition) is 3. The van der Waals surface area contributed by atoms with Crippen LogP contribution in [-0.2, 0) is 0 Å². The molecule has 0 saturated carbocycles. The van der Waals surface area contributed by atoms with E-state index in [1.54, 1.807) is 0 Å². The van der Waals surface area contributed by atoms with Gasteiger partial charge in [0.15, 0.2) is 12.4 Å². The predicted molar refractivity (Wildman–Crippen MR) is 54.3 cm³/mol. The van der Waals surface area contributed by atoms with Crippen LogP contribution in [0.25, 0.3) is 0 Å². The lowest BCUT2D eigenvalue weighted by Crippen LogP contribution is -2.20. The Labute approximate surface area is 103 Å². The number of pyridine rings is 1. The molecule has 1 heterocycles. The number of primary amides is 1. The van der Waals surface area contributed by atoms with Gasteiger partial charge in [-0.2, -0.15) is 13.2 Å². The summed E-state index contributed by atoms with van der Waals surface area (Å²) in [6.45, 7) is -1.59. The van der Waals surface area contributed by atoms with Gasteiger partial charge < -0.3 is 10.5 Å². The van der Waals surface area contributed by atoms with E-state index in [1.807, 2.05) is 0 Å². The summed E-state index contributed by atoms with van der Waals surface area (Å²) in [5.41, 5.74) is 4.50. The van der Waals surface area contributed by atoms with Crippen LogP contribution in [0.2, 0.25) is 10.0 Å². The molecule has 9 heteroatoms. The molecule has 0 aliphatic carbocycles. The molecule has 4 nitrogen and oxygen atoms in total. The SMILES string of the molecule is NC(=O)c1ncc(Cl)c(OCC(F)(F)F)c1Cl. The van der Waals surface area contributed by atoms with E-state index in [2.05, 4.69) is 9.72 Å². The lowest BCUT2D eigenvalue weighted by molar-refractivity contribution is -0.153. The Morgan fingerprint density at radius 1 is 1.47 bits per heavy atom. The van der Waals surface area contributed by atoms with Crippen LogP contribution in [0, 0.1) is 0 Å². The fourth-order valence-electron chi connectivity index (χ4n) is 0.907. The Balaban J connectivity index is 3.06. The number of rotatable bonds is 3. The molecule has 0 saturated heterocycles. The van der Waals surface area contributed by atoms with Crippen molar-refractivity contribution in [3.05, 3.63) is 21.9 Å². The van der Waals surface area contributed by atoms with E-state index < -0.39 is 35.2 Å². The van der Waals surface area contributed by atoms with Crippen molar-refractivity contribution in [2.24, 2.45) is 5.73 Å². The monoisotopic (exact) mass is 288 g/mol. The highest BCUT2D eigenvalue weighted by atomic mass is 35.5. The molecule has 0 aromatic carbocycles. The molecule has 0 radical (unpaired) electrons. The van der Waals surface area contributed by atoms with Crippen LogP contribution in [0.1, 0.15) is 10.5 Å². The molecule has 1 rings (SSSR count). The van der Waals surface area contributed by atoms with E-state index in [0.717, 1.165) is 6.20 Å². The average Bonchev–Trinajstić information content (AvgIpc) is 2.14. The highest BCUT2D eigenvalue weighted by Gasteiger charge is 2.30. The summed E-state index contributed by atoms with van der Waals surface area (Å²) in [5, 5.41) is -0.696. The molecule has 1 amide bonds. The second-order valence-corrected chi connectivity index (χ2v) is 3.65. The maximum absolute atomic E-state index is 11.9. The first-order chi connectivity index (χ1) is 7.72. The Bertz CT molecular complexity index is 451. The minimum absolute atomic E-state index is 0.246. The van der Waals surface area contributed by atoms with Crippen molar-refractivity contribution in [1.82, 2.24) is 4.98 Å². The Hall–Kier alpha value is -1.21. The fourth-order valence-corrected chi connectivity index (χ4v) is 1.45. The smallest absolute Gasteiger partial charge is 0.422 e. The van der Waals surface area contributed by atoms with Crippen LogP contribution in [0.4, 0.5) is 13.2 Å². The minimum atomic E-state index is -4.55. The molecule has 17 heavy (non-hydrogen) atoms. The molecule has 0 spiro atoms. The molecular formula is C8H5Cl2F3N2O2. The summed E-state index contributed by atoms with van der Waals surface area (Å²) >= 11 is 11.1. The second kappa shape index (κ2) is 4.97. The third kappa shape index (κ3) is 3.64. The molecule has 1 aromatic rings. The van der Waals surface area contributed by atoms with Gasteiger partial charge in [-0.25, -0.2) is 4.98 Å². The maximum Gasteiger partial charge on any atom is 0.422 e. The molecule has 0 aliphatic heterocycles. The van der Waals surface area contributed by atoms with Crippen molar-refractivity contribution in [2.75, 3.05) is 6.61 Å². The van der Waals surface area contributed by atoms with Crippen molar-refractivity contribution < 1.29 is 22.7 Å². The topological polar surface area (TPSA) is 65.2 Å². The van der Waals surface area contributed by atoms with Gasteiger partial charge in [-0.05, 0) is 0 Å².